The summed E-state index contributed by atoms with van der Waals surface area (Å²) in [7, 11) is 0. The minimum Gasteiger partial charge on any atom is -0.352 e. The van der Waals surface area contributed by atoms with E-state index in [0.29, 0.717) is 23.0 Å². The number of carbonyl (C=O) groups excluding carboxylic acids is 3. The molecular weight excluding hydrogens is 401 g/mol. The Morgan fingerprint density at radius 2 is 1.79 bits per heavy atom. The van der Waals surface area contributed by atoms with E-state index in [2.05, 4.69) is 10.6 Å². The van der Waals surface area contributed by atoms with Gasteiger partial charge in [-0.1, -0.05) is 42.5 Å². The summed E-state index contributed by atoms with van der Waals surface area (Å²) in [5.41, 5.74) is 0.281. The highest BCUT2D eigenvalue weighted by Gasteiger charge is 2.35. The first kappa shape index (κ1) is 20.9. The Labute approximate surface area is 174 Å². The summed E-state index contributed by atoms with van der Waals surface area (Å²) in [5.74, 6) is -0.825. The lowest BCUT2D eigenvalue weighted by atomic mass is 9.95. The van der Waals surface area contributed by atoms with Crippen LogP contribution >= 0.6 is 23.2 Å². The SMILES string of the molecule is O=C(CNC(=O)C1CCCN1C(=O)c1cc(Cl)ccc1Cl)NC1CCCCC1. The van der Waals surface area contributed by atoms with Gasteiger partial charge in [0.1, 0.15) is 6.04 Å². The molecule has 8 heteroatoms. The fourth-order valence-electron chi connectivity index (χ4n) is 3.91. The van der Waals surface area contributed by atoms with Crippen LogP contribution in [-0.2, 0) is 9.59 Å². The van der Waals surface area contributed by atoms with Crippen molar-refractivity contribution in [2.24, 2.45) is 0 Å². The van der Waals surface area contributed by atoms with Gasteiger partial charge in [-0.2, -0.15) is 0 Å². The van der Waals surface area contributed by atoms with Gasteiger partial charge in [0, 0.05) is 17.6 Å². The Balaban J connectivity index is 1.56. The first-order valence-electron chi connectivity index (χ1n) is 9.79. The first-order chi connectivity index (χ1) is 13.5. The third-order valence-corrected chi connectivity index (χ3v) is 5.93. The summed E-state index contributed by atoms with van der Waals surface area (Å²) in [6.07, 6.45) is 6.72. The summed E-state index contributed by atoms with van der Waals surface area (Å²) in [6, 6.07) is 4.28. The minimum absolute atomic E-state index is 0.0776. The van der Waals surface area contributed by atoms with E-state index in [9.17, 15) is 14.4 Å². The van der Waals surface area contributed by atoms with Crippen LogP contribution in [0.15, 0.2) is 18.2 Å². The molecule has 1 aliphatic heterocycles. The average molecular weight is 426 g/mol. The molecule has 3 rings (SSSR count). The molecule has 0 spiro atoms. The molecule has 3 amide bonds. The maximum atomic E-state index is 12.9. The molecule has 28 heavy (non-hydrogen) atoms. The van der Waals surface area contributed by atoms with Crippen molar-refractivity contribution < 1.29 is 14.4 Å². The largest absolute Gasteiger partial charge is 0.352 e. The van der Waals surface area contributed by atoms with Gasteiger partial charge in [0.2, 0.25) is 11.8 Å². The van der Waals surface area contributed by atoms with Gasteiger partial charge in [-0.25, -0.2) is 0 Å². The molecule has 152 valence electrons. The highest BCUT2D eigenvalue weighted by molar-refractivity contribution is 6.35. The number of rotatable bonds is 5. The third kappa shape index (κ3) is 5.17. The van der Waals surface area contributed by atoms with Crippen molar-refractivity contribution in [3.8, 4) is 0 Å². The van der Waals surface area contributed by atoms with Crippen LogP contribution < -0.4 is 10.6 Å². The van der Waals surface area contributed by atoms with E-state index in [1.807, 2.05) is 0 Å². The molecule has 1 saturated heterocycles. The zero-order valence-corrected chi connectivity index (χ0v) is 17.2. The second kappa shape index (κ2) is 9.61. The molecule has 1 aliphatic carbocycles. The number of carbonyl (C=O) groups is 3. The standard InChI is InChI=1S/C20H25Cl2N3O3/c21-13-8-9-16(22)15(11-13)20(28)25-10-4-7-17(25)19(27)23-12-18(26)24-14-5-2-1-3-6-14/h8-9,11,14,17H,1-7,10,12H2,(H,23,27)(H,24,26). The van der Waals surface area contributed by atoms with Crippen molar-refractivity contribution in [1.82, 2.24) is 15.5 Å². The number of hydrogen-bond acceptors (Lipinski definition) is 3. The topological polar surface area (TPSA) is 78.5 Å². The Hall–Kier alpha value is -1.79. The summed E-state index contributed by atoms with van der Waals surface area (Å²) in [6.45, 7) is 0.389. The summed E-state index contributed by atoms with van der Waals surface area (Å²) >= 11 is 12.1. The number of nitrogens with one attached hydrogen (secondary N) is 2. The number of hydrogen-bond donors (Lipinski definition) is 2. The molecule has 1 aromatic rings. The zero-order valence-electron chi connectivity index (χ0n) is 15.7. The van der Waals surface area contributed by atoms with Crippen LogP contribution in [0.1, 0.15) is 55.3 Å². The number of halogens is 2. The molecule has 2 fully saturated rings. The normalized spacial score (nSPS) is 20.1. The predicted octanol–water partition coefficient (Wildman–Crippen LogP) is 3.16. The molecule has 0 bridgehead atoms. The lowest BCUT2D eigenvalue weighted by Crippen LogP contribution is -2.49. The van der Waals surface area contributed by atoms with E-state index in [1.54, 1.807) is 12.1 Å². The van der Waals surface area contributed by atoms with Crippen molar-refractivity contribution in [3.63, 3.8) is 0 Å². The van der Waals surface area contributed by atoms with Gasteiger partial charge >= 0.3 is 0 Å². The Morgan fingerprint density at radius 1 is 1.04 bits per heavy atom. The van der Waals surface area contributed by atoms with Crippen LogP contribution in [0.2, 0.25) is 10.0 Å². The van der Waals surface area contributed by atoms with Crippen LogP contribution in [0.4, 0.5) is 0 Å². The van der Waals surface area contributed by atoms with Crippen molar-refractivity contribution >= 4 is 40.9 Å². The van der Waals surface area contributed by atoms with Gasteiger partial charge in [0.05, 0.1) is 17.1 Å². The number of likely N-dealkylation sites (tertiary alicyclic amines) is 1. The number of amides is 3. The summed E-state index contributed by atoms with van der Waals surface area (Å²) in [4.78, 5) is 39.1. The van der Waals surface area contributed by atoms with Gasteiger partial charge in [0.15, 0.2) is 0 Å². The van der Waals surface area contributed by atoms with Crippen LogP contribution in [0.5, 0.6) is 0 Å². The van der Waals surface area contributed by atoms with E-state index < -0.39 is 6.04 Å². The highest BCUT2D eigenvalue weighted by Crippen LogP contribution is 2.26. The van der Waals surface area contributed by atoms with Crippen molar-refractivity contribution in [3.05, 3.63) is 33.8 Å². The van der Waals surface area contributed by atoms with E-state index in [-0.39, 0.29) is 35.9 Å². The molecule has 0 aromatic heterocycles. The van der Waals surface area contributed by atoms with Crippen LogP contribution in [-0.4, -0.2) is 47.8 Å². The van der Waals surface area contributed by atoms with Gasteiger partial charge < -0.3 is 15.5 Å². The lowest BCUT2D eigenvalue weighted by molar-refractivity contribution is -0.128. The second-order valence-electron chi connectivity index (χ2n) is 7.40. The second-order valence-corrected chi connectivity index (χ2v) is 8.24. The van der Waals surface area contributed by atoms with Crippen LogP contribution in [0.3, 0.4) is 0 Å². The van der Waals surface area contributed by atoms with Gasteiger partial charge in [-0.15, -0.1) is 0 Å². The molecule has 0 radical (unpaired) electrons. The van der Waals surface area contributed by atoms with Gasteiger partial charge in [0.25, 0.3) is 5.91 Å². The Bertz CT molecular complexity index is 750. The van der Waals surface area contributed by atoms with Gasteiger partial charge in [-0.3, -0.25) is 14.4 Å². The molecule has 2 N–H and O–H groups in total. The minimum atomic E-state index is -0.606. The summed E-state index contributed by atoms with van der Waals surface area (Å²) in [5, 5.41) is 6.35. The Kier molecular flexibility index (Phi) is 7.18. The fraction of sp³-hybridized carbons (Fsp3) is 0.550. The quantitative estimate of drug-likeness (QED) is 0.759. The average Bonchev–Trinajstić information content (AvgIpc) is 3.18. The first-order valence-corrected chi connectivity index (χ1v) is 10.5. The maximum absolute atomic E-state index is 12.9. The molecule has 1 aromatic carbocycles. The van der Waals surface area contributed by atoms with E-state index in [0.717, 1.165) is 32.1 Å². The van der Waals surface area contributed by atoms with E-state index in [4.69, 9.17) is 23.2 Å². The van der Waals surface area contributed by atoms with Gasteiger partial charge in [-0.05, 0) is 43.9 Å². The Morgan fingerprint density at radius 3 is 2.54 bits per heavy atom. The molecule has 1 saturated carbocycles. The molecule has 1 heterocycles. The fourth-order valence-corrected chi connectivity index (χ4v) is 4.28. The lowest BCUT2D eigenvalue weighted by Gasteiger charge is -2.25. The van der Waals surface area contributed by atoms with Crippen molar-refractivity contribution in [1.29, 1.82) is 0 Å². The molecule has 1 unspecified atom stereocenters. The third-order valence-electron chi connectivity index (χ3n) is 5.37. The maximum Gasteiger partial charge on any atom is 0.256 e. The van der Waals surface area contributed by atoms with Crippen molar-refractivity contribution in [2.75, 3.05) is 13.1 Å². The van der Waals surface area contributed by atoms with E-state index in [1.165, 1.54) is 17.4 Å². The van der Waals surface area contributed by atoms with E-state index >= 15 is 0 Å². The molecule has 2 aliphatic rings. The molecule has 6 nitrogen and oxygen atoms in total. The smallest absolute Gasteiger partial charge is 0.256 e. The van der Waals surface area contributed by atoms with Crippen LogP contribution in [0, 0.1) is 0 Å². The van der Waals surface area contributed by atoms with Crippen molar-refractivity contribution in [2.45, 2.75) is 57.0 Å². The number of nitrogens with zero attached hydrogens (tertiary/aromatic N) is 1. The highest BCUT2D eigenvalue weighted by atomic mass is 35.5. The predicted molar refractivity (Wildman–Crippen MR) is 109 cm³/mol. The molecular formula is C20H25Cl2N3O3. The summed E-state index contributed by atoms with van der Waals surface area (Å²) < 4.78 is 0. The number of benzene rings is 1. The van der Waals surface area contributed by atoms with Crippen LogP contribution in [0.25, 0.3) is 0 Å². The monoisotopic (exact) mass is 425 g/mol. The zero-order chi connectivity index (χ0) is 20.1. The molecule has 1 atom stereocenters.